The summed E-state index contributed by atoms with van der Waals surface area (Å²) in [6.45, 7) is 0. The topological polar surface area (TPSA) is 4.93 Å². The highest BCUT2D eigenvalue weighted by Crippen LogP contribution is 2.45. The van der Waals surface area contributed by atoms with E-state index < -0.39 is 0 Å². The molecule has 12 rings (SSSR count). The first-order valence-electron chi connectivity index (χ1n) is 21.1. The third-order valence-corrected chi connectivity index (χ3v) is 12.6. The number of aromatic nitrogens is 1. The lowest BCUT2D eigenvalue weighted by molar-refractivity contribution is 1.18. The van der Waals surface area contributed by atoms with Crippen molar-refractivity contribution >= 4 is 54.1 Å². The maximum Gasteiger partial charge on any atom is 0.0541 e. The Kier molecular flexibility index (Phi) is 8.25. The van der Waals surface area contributed by atoms with Gasteiger partial charge in [0, 0.05) is 16.5 Å². The second kappa shape index (κ2) is 14.4. The van der Waals surface area contributed by atoms with Gasteiger partial charge in [0.25, 0.3) is 0 Å². The van der Waals surface area contributed by atoms with E-state index in [2.05, 4.69) is 241 Å². The summed E-state index contributed by atoms with van der Waals surface area (Å²) in [5.74, 6) is 0. The van der Waals surface area contributed by atoms with Gasteiger partial charge in [0.05, 0.1) is 11.0 Å². The van der Waals surface area contributed by atoms with E-state index >= 15 is 0 Å². The summed E-state index contributed by atoms with van der Waals surface area (Å²) in [4.78, 5) is 0. The van der Waals surface area contributed by atoms with Crippen molar-refractivity contribution in [1.82, 2.24) is 4.57 Å². The molecule has 0 saturated carbocycles. The monoisotopic (exact) mass is 773 g/mol. The molecule has 0 aliphatic heterocycles. The molecule has 0 aliphatic carbocycles. The van der Waals surface area contributed by atoms with Gasteiger partial charge in [0.2, 0.25) is 0 Å². The molecule has 0 spiro atoms. The maximum absolute atomic E-state index is 2.43. The maximum atomic E-state index is 2.43. The zero-order chi connectivity index (χ0) is 40.3. The smallest absolute Gasteiger partial charge is 0.0541 e. The van der Waals surface area contributed by atoms with Crippen LogP contribution in [0.2, 0.25) is 0 Å². The van der Waals surface area contributed by atoms with E-state index in [4.69, 9.17) is 0 Å². The first-order valence-corrected chi connectivity index (χ1v) is 21.1. The van der Waals surface area contributed by atoms with Crippen molar-refractivity contribution < 1.29 is 0 Å². The molecule has 61 heavy (non-hydrogen) atoms. The fourth-order valence-corrected chi connectivity index (χ4v) is 9.65. The van der Waals surface area contributed by atoms with E-state index in [0.29, 0.717) is 0 Å². The zero-order valence-corrected chi connectivity index (χ0v) is 33.5. The van der Waals surface area contributed by atoms with Gasteiger partial charge in [-0.1, -0.05) is 188 Å². The molecule has 1 heteroatoms. The second-order valence-corrected chi connectivity index (χ2v) is 16.1. The average Bonchev–Trinajstić information content (AvgIpc) is 3.66. The molecule has 0 atom stereocenters. The van der Waals surface area contributed by atoms with Crippen molar-refractivity contribution in [1.29, 1.82) is 0 Å². The number of benzene rings is 11. The molecular weight excluding hydrogens is 735 g/mol. The molecule has 0 aliphatic rings. The molecule has 0 fully saturated rings. The molecule has 0 radical (unpaired) electrons. The Hall–Kier alpha value is -8.00. The van der Waals surface area contributed by atoms with Crippen LogP contribution in [0.5, 0.6) is 0 Å². The van der Waals surface area contributed by atoms with Gasteiger partial charge in [-0.3, -0.25) is 0 Å². The third kappa shape index (κ3) is 5.93. The van der Waals surface area contributed by atoms with Gasteiger partial charge in [0.1, 0.15) is 0 Å². The Balaban J connectivity index is 1.04. The summed E-state index contributed by atoms with van der Waals surface area (Å²) in [5.41, 5.74) is 15.8. The van der Waals surface area contributed by atoms with Crippen molar-refractivity contribution in [2.45, 2.75) is 0 Å². The van der Waals surface area contributed by atoms with Gasteiger partial charge < -0.3 is 4.57 Å². The van der Waals surface area contributed by atoms with E-state index in [9.17, 15) is 0 Å². The van der Waals surface area contributed by atoms with Crippen LogP contribution in [-0.2, 0) is 0 Å². The molecule has 11 aromatic carbocycles. The average molecular weight is 774 g/mol. The highest BCUT2D eigenvalue weighted by Gasteiger charge is 2.19. The third-order valence-electron chi connectivity index (χ3n) is 12.6. The van der Waals surface area contributed by atoms with Crippen LogP contribution >= 0.6 is 0 Å². The lowest BCUT2D eigenvalue weighted by Gasteiger charge is -2.18. The molecule has 0 bridgehead atoms. The van der Waals surface area contributed by atoms with E-state index in [1.54, 1.807) is 0 Å². The normalized spacial score (nSPS) is 11.6. The van der Waals surface area contributed by atoms with Crippen molar-refractivity contribution in [3.8, 4) is 61.3 Å². The number of fused-ring (bicyclic) bond motifs is 6. The summed E-state index contributed by atoms with van der Waals surface area (Å²) in [6.07, 6.45) is 0. The van der Waals surface area contributed by atoms with Crippen molar-refractivity contribution in [3.05, 3.63) is 237 Å². The van der Waals surface area contributed by atoms with Crippen LogP contribution < -0.4 is 0 Å². The standard InChI is InChI=1S/C60H39N/c1-4-15-43(16-5-1)59-51-22-12-13-23-52(51)60(44-17-6-2-7-18-44)56-39-48(30-33-53(56)59)49-32-35-58-55(38-49)54-37-47(31-34-57(54)61(58)50-20-8-3-9-21-50)42-26-24-41(25-27-42)46-29-28-40-14-10-11-19-45(40)36-46/h1-39H. The van der Waals surface area contributed by atoms with Crippen LogP contribution in [0.25, 0.3) is 115 Å². The molecule has 0 amide bonds. The van der Waals surface area contributed by atoms with Crippen LogP contribution in [0.3, 0.4) is 0 Å². The molecular formula is C60H39N. The molecule has 0 unspecified atom stereocenters. The van der Waals surface area contributed by atoms with Crippen LogP contribution in [0.4, 0.5) is 0 Å². The first-order chi connectivity index (χ1) is 30.2. The van der Waals surface area contributed by atoms with Gasteiger partial charge in [-0.15, -0.1) is 0 Å². The summed E-state index contributed by atoms with van der Waals surface area (Å²) in [7, 11) is 0. The predicted molar refractivity (Wildman–Crippen MR) is 260 cm³/mol. The number of rotatable bonds is 6. The van der Waals surface area contributed by atoms with Gasteiger partial charge in [-0.25, -0.2) is 0 Å². The summed E-state index contributed by atoms with van der Waals surface area (Å²) in [6, 6.07) is 86.8. The van der Waals surface area contributed by atoms with Crippen LogP contribution in [0.1, 0.15) is 0 Å². The second-order valence-electron chi connectivity index (χ2n) is 16.1. The quantitative estimate of drug-likeness (QED) is 0.148. The largest absolute Gasteiger partial charge is 0.309 e. The Labute approximate surface area is 355 Å². The highest BCUT2D eigenvalue weighted by molar-refractivity contribution is 6.22. The number of nitrogens with zero attached hydrogens (tertiary/aromatic N) is 1. The van der Waals surface area contributed by atoms with E-state index in [1.807, 2.05) is 0 Å². The lowest BCUT2D eigenvalue weighted by Crippen LogP contribution is -1.93. The molecule has 1 heterocycles. The minimum atomic E-state index is 1.15. The fourth-order valence-electron chi connectivity index (χ4n) is 9.65. The van der Waals surface area contributed by atoms with Crippen molar-refractivity contribution in [3.63, 3.8) is 0 Å². The van der Waals surface area contributed by atoms with Crippen LogP contribution in [0.15, 0.2) is 237 Å². The van der Waals surface area contributed by atoms with Crippen molar-refractivity contribution in [2.24, 2.45) is 0 Å². The molecule has 0 N–H and O–H groups in total. The number of hydrogen-bond acceptors (Lipinski definition) is 0. The number of hydrogen-bond donors (Lipinski definition) is 0. The van der Waals surface area contributed by atoms with Gasteiger partial charge in [-0.2, -0.15) is 0 Å². The Bertz CT molecular complexity index is 3600. The van der Waals surface area contributed by atoms with Gasteiger partial charge >= 0.3 is 0 Å². The minimum Gasteiger partial charge on any atom is -0.309 e. The number of para-hydroxylation sites is 1. The van der Waals surface area contributed by atoms with Crippen LogP contribution in [0, 0.1) is 0 Å². The van der Waals surface area contributed by atoms with Gasteiger partial charge in [-0.05, 0) is 136 Å². The summed E-state index contributed by atoms with van der Waals surface area (Å²) < 4.78 is 2.41. The van der Waals surface area contributed by atoms with Gasteiger partial charge in [0.15, 0.2) is 0 Å². The Morgan fingerprint density at radius 2 is 0.607 bits per heavy atom. The van der Waals surface area contributed by atoms with E-state index in [1.165, 1.54) is 110 Å². The molecule has 1 nitrogen and oxygen atoms in total. The minimum absolute atomic E-state index is 1.15. The molecule has 12 aromatic rings. The van der Waals surface area contributed by atoms with E-state index in [-0.39, 0.29) is 0 Å². The summed E-state index contributed by atoms with van der Waals surface area (Å²) >= 11 is 0. The Morgan fingerprint density at radius 3 is 1.20 bits per heavy atom. The summed E-state index contributed by atoms with van der Waals surface area (Å²) in [5, 5.41) is 10.0. The SMILES string of the molecule is c1ccc(-c2c3ccccc3c(-c3ccccc3)c3cc(-c4ccc5c(c4)c4cc(-c6ccc(-c7ccc8ccccc8c7)cc6)ccc4n5-c4ccccc4)ccc23)cc1. The zero-order valence-electron chi connectivity index (χ0n) is 33.5. The lowest BCUT2D eigenvalue weighted by atomic mass is 9.85. The fraction of sp³-hybridized carbons (Fsp3) is 0. The first kappa shape index (κ1) is 35.0. The molecule has 0 saturated heterocycles. The van der Waals surface area contributed by atoms with Crippen LogP contribution in [-0.4, -0.2) is 4.57 Å². The predicted octanol–water partition coefficient (Wildman–Crippen LogP) is 16.6. The Morgan fingerprint density at radius 1 is 0.213 bits per heavy atom. The molecule has 1 aromatic heterocycles. The highest BCUT2D eigenvalue weighted by atomic mass is 15.0. The van der Waals surface area contributed by atoms with E-state index in [0.717, 1.165) is 5.69 Å². The van der Waals surface area contributed by atoms with Crippen molar-refractivity contribution in [2.75, 3.05) is 0 Å². The molecule has 284 valence electrons.